The number of benzene rings is 3. The van der Waals surface area contributed by atoms with E-state index in [4.69, 9.17) is 9.47 Å². The van der Waals surface area contributed by atoms with Crippen LogP contribution in [-0.4, -0.2) is 32.7 Å². The summed E-state index contributed by atoms with van der Waals surface area (Å²) in [4.78, 5) is 12.8. The van der Waals surface area contributed by atoms with Crippen LogP contribution in [0.4, 0.5) is 10.1 Å². The van der Waals surface area contributed by atoms with Crippen molar-refractivity contribution in [1.82, 2.24) is 14.8 Å². The van der Waals surface area contributed by atoms with E-state index in [-0.39, 0.29) is 12.7 Å². The van der Waals surface area contributed by atoms with Crippen LogP contribution in [0, 0.1) is 5.82 Å². The summed E-state index contributed by atoms with van der Waals surface area (Å²) >= 11 is 1.29. The van der Waals surface area contributed by atoms with Gasteiger partial charge in [0.05, 0.1) is 11.8 Å². The second kappa shape index (κ2) is 9.56. The van der Waals surface area contributed by atoms with Crippen molar-refractivity contribution in [1.29, 1.82) is 0 Å². The molecule has 7 nitrogen and oxygen atoms in total. The predicted molar refractivity (Wildman–Crippen MR) is 127 cm³/mol. The first-order valence-electron chi connectivity index (χ1n) is 10.7. The zero-order chi connectivity index (χ0) is 23.5. The van der Waals surface area contributed by atoms with E-state index in [0.717, 1.165) is 11.1 Å². The number of thioether (sulfide) groups is 1. The molecule has 0 saturated heterocycles. The van der Waals surface area contributed by atoms with Crippen molar-refractivity contribution >= 4 is 23.4 Å². The number of carbonyl (C=O) groups excluding carboxylic acids is 1. The molecule has 1 aliphatic heterocycles. The van der Waals surface area contributed by atoms with Crippen LogP contribution >= 0.6 is 11.8 Å². The number of ether oxygens (including phenoxy) is 2. The highest BCUT2D eigenvalue weighted by Crippen LogP contribution is 2.34. The zero-order valence-corrected chi connectivity index (χ0v) is 19.1. The summed E-state index contributed by atoms with van der Waals surface area (Å²) in [5, 5.41) is 11.7. The van der Waals surface area contributed by atoms with Crippen LogP contribution < -0.4 is 14.8 Å². The predicted octanol–water partition coefficient (Wildman–Crippen LogP) is 4.98. The number of hydrogen-bond acceptors (Lipinski definition) is 6. The van der Waals surface area contributed by atoms with Gasteiger partial charge in [0.1, 0.15) is 5.82 Å². The topological polar surface area (TPSA) is 78.3 Å². The number of amides is 1. The molecule has 0 spiro atoms. The monoisotopic (exact) mass is 476 g/mol. The average molecular weight is 477 g/mol. The summed E-state index contributed by atoms with van der Waals surface area (Å²) in [5.41, 5.74) is 2.31. The van der Waals surface area contributed by atoms with Crippen molar-refractivity contribution < 1.29 is 18.7 Å². The van der Waals surface area contributed by atoms with Gasteiger partial charge in [-0.1, -0.05) is 54.2 Å². The molecule has 0 fully saturated rings. The highest BCUT2D eigenvalue weighted by Gasteiger charge is 2.22. The van der Waals surface area contributed by atoms with Crippen LogP contribution in [0.15, 0.2) is 78.0 Å². The largest absolute Gasteiger partial charge is 0.454 e. The van der Waals surface area contributed by atoms with E-state index in [1.807, 2.05) is 53.1 Å². The molecule has 1 N–H and O–H groups in total. The molecule has 1 amide bonds. The second-order valence-electron chi connectivity index (χ2n) is 7.71. The number of hydrogen-bond donors (Lipinski definition) is 1. The average Bonchev–Trinajstić information content (AvgIpc) is 3.46. The number of rotatable bonds is 7. The van der Waals surface area contributed by atoms with Gasteiger partial charge in [-0.2, -0.15) is 0 Å². The third-order valence-corrected chi connectivity index (χ3v) is 6.35. The van der Waals surface area contributed by atoms with E-state index in [0.29, 0.717) is 34.7 Å². The quantitative estimate of drug-likeness (QED) is 0.379. The molecule has 1 unspecified atom stereocenters. The van der Waals surface area contributed by atoms with Crippen molar-refractivity contribution in [2.45, 2.75) is 23.9 Å². The molecule has 1 aromatic heterocycles. The smallest absolute Gasteiger partial charge is 0.237 e. The fraction of sp³-hybridized carbons (Fsp3) is 0.160. The van der Waals surface area contributed by atoms with E-state index >= 15 is 0 Å². The third kappa shape index (κ3) is 4.74. The lowest BCUT2D eigenvalue weighted by Gasteiger charge is -2.14. The van der Waals surface area contributed by atoms with Crippen molar-refractivity contribution in [3.8, 4) is 22.9 Å². The molecular formula is C25H21FN4O3S. The lowest BCUT2D eigenvalue weighted by atomic mass is 10.2. The molecule has 1 aliphatic rings. The molecule has 0 bridgehead atoms. The van der Waals surface area contributed by atoms with Crippen LogP contribution in [0.3, 0.4) is 0 Å². The molecule has 2 heterocycles. The Morgan fingerprint density at radius 3 is 2.71 bits per heavy atom. The minimum atomic E-state index is -0.494. The summed E-state index contributed by atoms with van der Waals surface area (Å²) < 4.78 is 26.4. The van der Waals surface area contributed by atoms with E-state index < -0.39 is 11.1 Å². The van der Waals surface area contributed by atoms with Crippen LogP contribution in [-0.2, 0) is 11.3 Å². The van der Waals surface area contributed by atoms with Gasteiger partial charge in [0.15, 0.2) is 22.5 Å². The molecule has 34 heavy (non-hydrogen) atoms. The number of anilines is 1. The van der Waals surface area contributed by atoms with Gasteiger partial charge in [0.25, 0.3) is 0 Å². The first kappa shape index (κ1) is 22.0. The highest BCUT2D eigenvalue weighted by atomic mass is 32.2. The van der Waals surface area contributed by atoms with E-state index in [1.54, 1.807) is 19.1 Å². The van der Waals surface area contributed by atoms with Crippen LogP contribution in [0.25, 0.3) is 11.4 Å². The minimum Gasteiger partial charge on any atom is -0.454 e. The first-order valence-corrected chi connectivity index (χ1v) is 11.5. The molecule has 1 atom stereocenters. The minimum absolute atomic E-state index is 0.208. The van der Waals surface area contributed by atoms with Gasteiger partial charge in [-0.15, -0.1) is 10.2 Å². The number of nitrogens with zero attached hydrogens (tertiary/aromatic N) is 3. The molecule has 0 radical (unpaired) electrons. The first-order chi connectivity index (χ1) is 16.6. The number of fused-ring (bicyclic) bond motifs is 1. The maximum Gasteiger partial charge on any atom is 0.237 e. The molecule has 9 heteroatoms. The fourth-order valence-corrected chi connectivity index (χ4v) is 4.41. The molecule has 5 rings (SSSR count). The SMILES string of the molecule is CC(Sc1nnc(-c2ccccc2)n1Cc1ccc2c(c1)OCO2)C(=O)Nc1cccc(F)c1. The van der Waals surface area contributed by atoms with Crippen molar-refractivity contribution in [3.05, 3.63) is 84.2 Å². The summed E-state index contributed by atoms with van der Waals surface area (Å²) in [6.07, 6.45) is 0. The molecule has 4 aromatic rings. The van der Waals surface area contributed by atoms with Crippen LogP contribution in [0.1, 0.15) is 12.5 Å². The van der Waals surface area contributed by atoms with Crippen molar-refractivity contribution in [2.24, 2.45) is 0 Å². The van der Waals surface area contributed by atoms with Gasteiger partial charge in [0, 0.05) is 11.3 Å². The van der Waals surface area contributed by atoms with Crippen LogP contribution in [0.5, 0.6) is 11.5 Å². The van der Waals surface area contributed by atoms with Gasteiger partial charge in [-0.3, -0.25) is 9.36 Å². The lowest BCUT2D eigenvalue weighted by molar-refractivity contribution is -0.115. The van der Waals surface area contributed by atoms with Crippen molar-refractivity contribution in [3.63, 3.8) is 0 Å². The van der Waals surface area contributed by atoms with Gasteiger partial charge in [-0.25, -0.2) is 4.39 Å². The van der Waals surface area contributed by atoms with Gasteiger partial charge in [0.2, 0.25) is 12.7 Å². The van der Waals surface area contributed by atoms with Gasteiger partial charge >= 0.3 is 0 Å². The van der Waals surface area contributed by atoms with E-state index in [9.17, 15) is 9.18 Å². The van der Waals surface area contributed by atoms with Gasteiger partial charge in [-0.05, 0) is 42.8 Å². The standard InChI is InChI=1S/C25H21FN4O3S/c1-16(24(31)27-20-9-5-8-19(26)13-20)34-25-29-28-23(18-6-3-2-4-7-18)30(25)14-17-10-11-21-22(12-17)33-15-32-21/h2-13,16H,14-15H2,1H3,(H,27,31). The Labute approximate surface area is 199 Å². The number of nitrogens with one attached hydrogen (secondary N) is 1. The molecular weight excluding hydrogens is 455 g/mol. The Morgan fingerprint density at radius 1 is 1.06 bits per heavy atom. The molecule has 0 saturated carbocycles. The number of carbonyl (C=O) groups is 1. The Balaban J connectivity index is 1.41. The number of aromatic nitrogens is 3. The maximum absolute atomic E-state index is 13.5. The number of halogens is 1. The fourth-order valence-electron chi connectivity index (χ4n) is 3.56. The van der Waals surface area contributed by atoms with Crippen molar-refractivity contribution in [2.75, 3.05) is 12.1 Å². The lowest BCUT2D eigenvalue weighted by Crippen LogP contribution is -2.23. The molecule has 3 aromatic carbocycles. The normalized spacial score (nSPS) is 13.0. The van der Waals surface area contributed by atoms with E-state index in [2.05, 4.69) is 15.5 Å². The summed E-state index contributed by atoms with van der Waals surface area (Å²) in [7, 11) is 0. The van der Waals surface area contributed by atoms with Gasteiger partial charge < -0.3 is 14.8 Å². The Morgan fingerprint density at radius 2 is 1.88 bits per heavy atom. The Hall–Kier alpha value is -3.85. The Bertz CT molecular complexity index is 1330. The summed E-state index contributed by atoms with van der Waals surface area (Å²) in [5.74, 6) is 1.44. The van der Waals surface area contributed by atoms with Crippen LogP contribution in [0.2, 0.25) is 0 Å². The third-order valence-electron chi connectivity index (χ3n) is 5.27. The molecule has 0 aliphatic carbocycles. The summed E-state index contributed by atoms with van der Waals surface area (Å²) in [6.45, 7) is 2.47. The maximum atomic E-state index is 13.5. The second-order valence-corrected chi connectivity index (χ2v) is 9.01. The zero-order valence-electron chi connectivity index (χ0n) is 18.3. The van der Waals surface area contributed by atoms with E-state index in [1.165, 1.54) is 23.9 Å². The summed E-state index contributed by atoms with van der Waals surface area (Å²) in [6, 6.07) is 21.4. The molecule has 172 valence electrons. The highest BCUT2D eigenvalue weighted by molar-refractivity contribution is 8.00. The Kier molecular flexibility index (Phi) is 6.18.